The molecule has 0 aromatic carbocycles. The van der Waals surface area contributed by atoms with Crippen LogP contribution in [0, 0.1) is 0 Å². The number of nitrogens with two attached hydrogens (primary N) is 1. The van der Waals surface area contributed by atoms with Gasteiger partial charge < -0.3 is 16.0 Å². The van der Waals surface area contributed by atoms with Gasteiger partial charge in [0, 0.05) is 19.6 Å². The normalized spacial score (nSPS) is 19.5. The maximum atomic E-state index is 12.8. The number of nitrogens with one attached hydrogen (secondary N) is 1. The van der Waals surface area contributed by atoms with Crippen LogP contribution in [0.1, 0.15) is 19.3 Å². The lowest BCUT2D eigenvalue weighted by molar-refractivity contribution is 0.150. The molecule has 0 spiro atoms. The van der Waals surface area contributed by atoms with Crippen LogP contribution in [-0.2, 0) is 0 Å². The molecule has 0 radical (unpaired) electrons. The summed E-state index contributed by atoms with van der Waals surface area (Å²) in [5, 5.41) is 2.53. The molecule has 3 N–H and O–H groups in total. The summed E-state index contributed by atoms with van der Waals surface area (Å²) < 4.78 is 12.8. The van der Waals surface area contributed by atoms with Gasteiger partial charge in [-0.05, 0) is 25.8 Å². The largest absolute Gasteiger partial charge is 0.352 e. The Morgan fingerprint density at radius 3 is 2.71 bits per heavy atom. The van der Waals surface area contributed by atoms with Crippen LogP contribution in [0.3, 0.4) is 0 Å². The Hall–Kier alpha value is -0.840. The van der Waals surface area contributed by atoms with Gasteiger partial charge in [-0.2, -0.15) is 0 Å². The van der Waals surface area contributed by atoms with Crippen LogP contribution in [0.5, 0.6) is 0 Å². The number of alkyl halides is 1. The van der Waals surface area contributed by atoms with E-state index in [-0.39, 0.29) is 0 Å². The molecular weight excluding hydrogens is 185 g/mol. The highest BCUT2D eigenvalue weighted by molar-refractivity contribution is 5.71. The minimum absolute atomic E-state index is 0.479. The summed E-state index contributed by atoms with van der Waals surface area (Å²) in [6, 6.07) is -0.479. The van der Waals surface area contributed by atoms with Crippen molar-refractivity contribution in [2.24, 2.45) is 5.73 Å². The van der Waals surface area contributed by atoms with E-state index in [4.69, 9.17) is 5.73 Å². The number of likely N-dealkylation sites (tertiary alicyclic amines) is 1. The Balaban J connectivity index is 1.99. The number of carbonyl (C=O) groups excluding carboxylic acids is 1. The van der Waals surface area contributed by atoms with Gasteiger partial charge in [-0.3, -0.25) is 0 Å². The first kappa shape index (κ1) is 11.2. The molecule has 1 saturated heterocycles. The lowest BCUT2D eigenvalue weighted by Crippen LogP contribution is -2.37. The highest BCUT2D eigenvalue weighted by atomic mass is 19.1. The number of rotatable bonds is 4. The number of hydrogen-bond donors (Lipinski definition) is 2. The van der Waals surface area contributed by atoms with Crippen LogP contribution < -0.4 is 11.1 Å². The number of primary amides is 1. The van der Waals surface area contributed by atoms with Crippen LogP contribution >= 0.6 is 0 Å². The minimum Gasteiger partial charge on any atom is -0.352 e. The smallest absolute Gasteiger partial charge is 0.312 e. The van der Waals surface area contributed by atoms with Crippen molar-refractivity contribution in [1.29, 1.82) is 0 Å². The Morgan fingerprint density at radius 1 is 1.50 bits per heavy atom. The lowest BCUT2D eigenvalue weighted by atomic mass is 10.1. The first-order valence-electron chi connectivity index (χ1n) is 5.08. The fourth-order valence-corrected chi connectivity index (χ4v) is 1.64. The van der Waals surface area contributed by atoms with Gasteiger partial charge in [-0.25, -0.2) is 9.18 Å². The van der Waals surface area contributed by atoms with Crippen molar-refractivity contribution in [3.63, 3.8) is 0 Å². The van der Waals surface area contributed by atoms with Gasteiger partial charge in [0.15, 0.2) is 0 Å². The highest BCUT2D eigenvalue weighted by Crippen LogP contribution is 2.12. The average molecular weight is 203 g/mol. The monoisotopic (exact) mass is 203 g/mol. The number of nitrogens with zero attached hydrogens (tertiary/aromatic N) is 1. The van der Waals surface area contributed by atoms with Crippen LogP contribution in [0.15, 0.2) is 0 Å². The van der Waals surface area contributed by atoms with Gasteiger partial charge >= 0.3 is 6.03 Å². The van der Waals surface area contributed by atoms with Crippen molar-refractivity contribution in [1.82, 2.24) is 10.2 Å². The molecular formula is C9H18FN3O. The van der Waals surface area contributed by atoms with E-state index in [9.17, 15) is 9.18 Å². The third-order valence-electron chi connectivity index (χ3n) is 2.47. The summed E-state index contributed by atoms with van der Waals surface area (Å²) in [4.78, 5) is 12.6. The van der Waals surface area contributed by atoms with E-state index in [2.05, 4.69) is 10.2 Å². The van der Waals surface area contributed by atoms with E-state index in [0.29, 0.717) is 19.4 Å². The highest BCUT2D eigenvalue weighted by Gasteiger charge is 2.17. The molecule has 1 heterocycles. The molecule has 14 heavy (non-hydrogen) atoms. The summed E-state index contributed by atoms with van der Waals surface area (Å²) in [6.07, 6.45) is 1.54. The second-order valence-corrected chi connectivity index (χ2v) is 3.66. The van der Waals surface area contributed by atoms with Gasteiger partial charge in [0.05, 0.1) is 0 Å². The Kier molecular flexibility index (Phi) is 4.65. The molecule has 0 aromatic rings. The van der Waals surface area contributed by atoms with Crippen LogP contribution in [0.4, 0.5) is 9.18 Å². The van der Waals surface area contributed by atoms with Crippen LogP contribution in [-0.4, -0.2) is 43.3 Å². The number of urea groups is 1. The van der Waals surface area contributed by atoms with E-state index in [0.717, 1.165) is 26.1 Å². The number of amides is 2. The summed E-state index contributed by atoms with van der Waals surface area (Å²) >= 11 is 0. The van der Waals surface area contributed by atoms with Gasteiger partial charge in [-0.15, -0.1) is 0 Å². The van der Waals surface area contributed by atoms with Crippen molar-refractivity contribution in [3.8, 4) is 0 Å². The summed E-state index contributed by atoms with van der Waals surface area (Å²) in [5.74, 6) is 0. The first-order valence-corrected chi connectivity index (χ1v) is 5.08. The molecule has 1 fully saturated rings. The van der Waals surface area contributed by atoms with Crippen LogP contribution in [0.25, 0.3) is 0 Å². The van der Waals surface area contributed by atoms with Gasteiger partial charge in [-0.1, -0.05) is 0 Å². The number of carbonyl (C=O) groups is 1. The SMILES string of the molecule is NC(=O)NCCCN1CCC(F)CC1. The molecule has 0 atom stereocenters. The van der Waals surface area contributed by atoms with Crippen molar-refractivity contribution < 1.29 is 9.18 Å². The van der Waals surface area contributed by atoms with E-state index in [1.807, 2.05) is 0 Å². The molecule has 5 heteroatoms. The van der Waals surface area contributed by atoms with Gasteiger partial charge in [0.25, 0.3) is 0 Å². The van der Waals surface area contributed by atoms with E-state index >= 15 is 0 Å². The Bertz CT molecular complexity index is 181. The molecule has 0 bridgehead atoms. The lowest BCUT2D eigenvalue weighted by Gasteiger charge is -2.28. The van der Waals surface area contributed by atoms with E-state index in [1.165, 1.54) is 0 Å². The second kappa shape index (κ2) is 5.80. The van der Waals surface area contributed by atoms with E-state index < -0.39 is 12.2 Å². The van der Waals surface area contributed by atoms with Crippen LogP contribution in [0.2, 0.25) is 0 Å². The zero-order valence-corrected chi connectivity index (χ0v) is 8.34. The molecule has 4 nitrogen and oxygen atoms in total. The zero-order chi connectivity index (χ0) is 10.4. The predicted octanol–water partition coefficient (Wildman–Crippen LogP) is 0.479. The molecule has 1 aliphatic heterocycles. The molecule has 82 valence electrons. The van der Waals surface area contributed by atoms with Gasteiger partial charge in [0.2, 0.25) is 0 Å². The maximum Gasteiger partial charge on any atom is 0.312 e. The molecule has 2 amide bonds. The molecule has 1 rings (SSSR count). The molecule has 0 saturated carbocycles. The van der Waals surface area contributed by atoms with Crippen molar-refractivity contribution >= 4 is 6.03 Å². The minimum atomic E-state index is -0.616. The van der Waals surface area contributed by atoms with Crippen molar-refractivity contribution in [2.45, 2.75) is 25.4 Å². The fraction of sp³-hybridized carbons (Fsp3) is 0.889. The third-order valence-corrected chi connectivity index (χ3v) is 2.47. The molecule has 0 unspecified atom stereocenters. The second-order valence-electron chi connectivity index (χ2n) is 3.66. The van der Waals surface area contributed by atoms with Crippen molar-refractivity contribution in [2.75, 3.05) is 26.2 Å². The average Bonchev–Trinajstić information content (AvgIpc) is 2.15. The Labute approximate surface area is 83.6 Å². The molecule has 1 aliphatic rings. The molecule has 0 aliphatic carbocycles. The first-order chi connectivity index (χ1) is 6.68. The predicted molar refractivity (Wildman–Crippen MR) is 52.8 cm³/mol. The summed E-state index contributed by atoms with van der Waals surface area (Å²) in [6.45, 7) is 3.17. The van der Waals surface area contributed by atoms with Gasteiger partial charge in [0.1, 0.15) is 6.17 Å². The number of halogens is 1. The zero-order valence-electron chi connectivity index (χ0n) is 8.34. The Morgan fingerprint density at radius 2 is 2.14 bits per heavy atom. The summed E-state index contributed by atoms with van der Waals surface area (Å²) in [5.41, 5.74) is 4.92. The topological polar surface area (TPSA) is 58.4 Å². The standard InChI is InChI=1S/C9H18FN3O/c10-8-2-6-13(7-3-8)5-1-4-12-9(11)14/h8H,1-7H2,(H3,11,12,14). The molecule has 0 aromatic heterocycles. The summed E-state index contributed by atoms with van der Waals surface area (Å²) in [7, 11) is 0. The number of hydrogen-bond acceptors (Lipinski definition) is 2. The maximum absolute atomic E-state index is 12.8. The fourth-order valence-electron chi connectivity index (χ4n) is 1.64. The number of piperidine rings is 1. The van der Waals surface area contributed by atoms with E-state index in [1.54, 1.807) is 0 Å². The quantitative estimate of drug-likeness (QED) is 0.653. The third kappa shape index (κ3) is 4.41. The van der Waals surface area contributed by atoms with Crippen molar-refractivity contribution in [3.05, 3.63) is 0 Å².